The Balaban J connectivity index is 2.25. The molecule has 2 rings (SSSR count). The van der Waals surface area contributed by atoms with Crippen LogP contribution in [0.15, 0.2) is 36.7 Å². The van der Waals surface area contributed by atoms with E-state index in [1.165, 1.54) is 14.7 Å². The number of aromatic nitrogens is 2. The molecular weight excluding hydrogens is 349 g/mol. The highest BCUT2D eigenvalue weighted by Crippen LogP contribution is 2.22. The summed E-state index contributed by atoms with van der Waals surface area (Å²) in [6.07, 6.45) is 5.23. The Labute approximate surface area is 128 Å². The van der Waals surface area contributed by atoms with Gasteiger partial charge in [-0.25, -0.2) is 0 Å². The Bertz CT molecular complexity index is 504. The Hall–Kier alpha value is -0.880. The van der Waals surface area contributed by atoms with Crippen molar-refractivity contribution in [1.82, 2.24) is 15.1 Å². The van der Waals surface area contributed by atoms with Crippen molar-refractivity contribution in [1.29, 1.82) is 0 Å². The third kappa shape index (κ3) is 3.79. The number of hydrogen-bond acceptors (Lipinski definition) is 2. The number of nitrogens with zero attached hydrogens (tertiary/aromatic N) is 2. The number of aryl methyl sites for hydroxylation is 1. The van der Waals surface area contributed by atoms with E-state index in [0.29, 0.717) is 0 Å². The first-order valence-corrected chi connectivity index (χ1v) is 7.83. The van der Waals surface area contributed by atoms with Gasteiger partial charge >= 0.3 is 0 Å². The second-order valence-electron chi connectivity index (χ2n) is 4.58. The third-order valence-corrected chi connectivity index (χ3v) is 3.77. The van der Waals surface area contributed by atoms with Crippen LogP contribution >= 0.6 is 22.6 Å². The summed E-state index contributed by atoms with van der Waals surface area (Å²) < 4.78 is 3.28. The van der Waals surface area contributed by atoms with Crippen molar-refractivity contribution in [2.75, 3.05) is 6.54 Å². The molecule has 1 atom stereocenters. The summed E-state index contributed by atoms with van der Waals surface area (Å²) in [6, 6.07) is 8.90. The van der Waals surface area contributed by atoms with Crippen LogP contribution in [-0.2, 0) is 6.54 Å². The molecule has 0 fully saturated rings. The SMILES string of the molecule is CCCn1cc(C(NCC)c2ccc(I)cc2)cn1. The monoisotopic (exact) mass is 369 g/mol. The smallest absolute Gasteiger partial charge is 0.0607 e. The van der Waals surface area contributed by atoms with Gasteiger partial charge in [-0.1, -0.05) is 26.0 Å². The number of nitrogens with one attached hydrogen (secondary N) is 1. The molecule has 1 aromatic heterocycles. The van der Waals surface area contributed by atoms with Gasteiger partial charge in [-0.2, -0.15) is 5.10 Å². The van der Waals surface area contributed by atoms with E-state index in [0.717, 1.165) is 19.5 Å². The fraction of sp³-hybridized carbons (Fsp3) is 0.400. The average molecular weight is 369 g/mol. The van der Waals surface area contributed by atoms with E-state index in [-0.39, 0.29) is 6.04 Å². The fourth-order valence-corrected chi connectivity index (χ4v) is 2.53. The quantitative estimate of drug-likeness (QED) is 0.789. The summed E-state index contributed by atoms with van der Waals surface area (Å²) in [5, 5.41) is 7.96. The van der Waals surface area contributed by atoms with Gasteiger partial charge in [-0.3, -0.25) is 4.68 Å². The van der Waals surface area contributed by atoms with Crippen LogP contribution in [0, 0.1) is 3.57 Å². The zero-order valence-corrected chi connectivity index (χ0v) is 13.6. The first kappa shape index (κ1) is 14.5. The summed E-state index contributed by atoms with van der Waals surface area (Å²) in [6.45, 7) is 6.22. The van der Waals surface area contributed by atoms with Crippen molar-refractivity contribution in [2.24, 2.45) is 0 Å². The molecule has 0 amide bonds. The number of halogens is 1. The number of rotatable bonds is 6. The van der Waals surface area contributed by atoms with Crippen molar-refractivity contribution in [3.05, 3.63) is 51.4 Å². The molecule has 0 spiro atoms. The van der Waals surface area contributed by atoms with E-state index in [9.17, 15) is 0 Å². The van der Waals surface area contributed by atoms with Crippen LogP contribution < -0.4 is 5.32 Å². The van der Waals surface area contributed by atoms with E-state index >= 15 is 0 Å². The molecule has 0 aliphatic carbocycles. The van der Waals surface area contributed by atoms with Gasteiger partial charge in [0.25, 0.3) is 0 Å². The summed E-state index contributed by atoms with van der Waals surface area (Å²) >= 11 is 2.33. The standard InChI is InChI=1S/C15H20IN3/c1-3-9-19-11-13(10-18-19)15(17-4-2)12-5-7-14(16)8-6-12/h5-8,10-11,15,17H,3-4,9H2,1-2H3. The first-order chi connectivity index (χ1) is 9.24. The molecule has 1 heterocycles. The third-order valence-electron chi connectivity index (χ3n) is 3.05. The molecule has 0 bridgehead atoms. The Kier molecular flexibility index (Phi) is 5.39. The van der Waals surface area contributed by atoms with Crippen molar-refractivity contribution in [2.45, 2.75) is 32.9 Å². The lowest BCUT2D eigenvalue weighted by Crippen LogP contribution is -2.21. The zero-order chi connectivity index (χ0) is 13.7. The maximum atomic E-state index is 4.43. The molecule has 0 aliphatic heterocycles. The van der Waals surface area contributed by atoms with Gasteiger partial charge in [-0.05, 0) is 53.3 Å². The molecule has 2 aromatic rings. The predicted octanol–water partition coefficient (Wildman–Crippen LogP) is 3.60. The highest BCUT2D eigenvalue weighted by Gasteiger charge is 2.14. The van der Waals surface area contributed by atoms with Gasteiger partial charge in [0.15, 0.2) is 0 Å². The Morgan fingerprint density at radius 3 is 2.58 bits per heavy atom. The lowest BCUT2D eigenvalue weighted by molar-refractivity contribution is 0.597. The van der Waals surface area contributed by atoms with Gasteiger partial charge in [-0.15, -0.1) is 0 Å². The molecule has 19 heavy (non-hydrogen) atoms. The van der Waals surface area contributed by atoms with Crippen LogP contribution in [0.2, 0.25) is 0 Å². The molecule has 1 N–H and O–H groups in total. The molecule has 0 radical (unpaired) electrons. The van der Waals surface area contributed by atoms with E-state index < -0.39 is 0 Å². The molecule has 0 saturated carbocycles. The van der Waals surface area contributed by atoms with Crippen LogP contribution in [-0.4, -0.2) is 16.3 Å². The highest BCUT2D eigenvalue weighted by molar-refractivity contribution is 14.1. The Morgan fingerprint density at radius 2 is 1.95 bits per heavy atom. The summed E-state index contributed by atoms with van der Waals surface area (Å²) in [5.74, 6) is 0. The highest BCUT2D eigenvalue weighted by atomic mass is 127. The molecule has 1 unspecified atom stereocenters. The van der Waals surface area contributed by atoms with Crippen LogP contribution in [0.25, 0.3) is 0 Å². The molecule has 102 valence electrons. The summed E-state index contributed by atoms with van der Waals surface area (Å²) in [7, 11) is 0. The second kappa shape index (κ2) is 7.05. The largest absolute Gasteiger partial charge is 0.306 e. The molecule has 1 aromatic carbocycles. The lowest BCUT2D eigenvalue weighted by Gasteiger charge is -2.17. The average Bonchev–Trinajstić information content (AvgIpc) is 2.86. The van der Waals surface area contributed by atoms with E-state index in [4.69, 9.17) is 0 Å². The van der Waals surface area contributed by atoms with E-state index in [2.05, 4.69) is 77.3 Å². The van der Waals surface area contributed by atoms with Crippen LogP contribution in [0.3, 0.4) is 0 Å². The minimum Gasteiger partial charge on any atom is -0.306 e. The minimum absolute atomic E-state index is 0.229. The first-order valence-electron chi connectivity index (χ1n) is 6.75. The normalized spacial score (nSPS) is 12.6. The van der Waals surface area contributed by atoms with Crippen LogP contribution in [0.5, 0.6) is 0 Å². The van der Waals surface area contributed by atoms with Crippen molar-refractivity contribution in [3.8, 4) is 0 Å². The van der Waals surface area contributed by atoms with Crippen LogP contribution in [0.4, 0.5) is 0 Å². The van der Waals surface area contributed by atoms with Crippen molar-refractivity contribution in [3.63, 3.8) is 0 Å². The molecule has 4 heteroatoms. The number of hydrogen-bond donors (Lipinski definition) is 1. The van der Waals surface area contributed by atoms with Crippen molar-refractivity contribution >= 4 is 22.6 Å². The maximum absolute atomic E-state index is 4.43. The topological polar surface area (TPSA) is 29.9 Å². The molecular formula is C15H20IN3. The minimum atomic E-state index is 0.229. The van der Waals surface area contributed by atoms with Crippen molar-refractivity contribution < 1.29 is 0 Å². The lowest BCUT2D eigenvalue weighted by atomic mass is 10.0. The van der Waals surface area contributed by atoms with E-state index in [1.54, 1.807) is 0 Å². The second-order valence-corrected chi connectivity index (χ2v) is 5.82. The van der Waals surface area contributed by atoms with E-state index in [1.807, 2.05) is 10.9 Å². The summed E-state index contributed by atoms with van der Waals surface area (Å²) in [5.41, 5.74) is 2.52. The molecule has 0 aliphatic rings. The molecule has 3 nitrogen and oxygen atoms in total. The van der Waals surface area contributed by atoms with Gasteiger partial charge in [0.05, 0.1) is 12.2 Å². The van der Waals surface area contributed by atoms with Gasteiger partial charge < -0.3 is 5.32 Å². The maximum Gasteiger partial charge on any atom is 0.0607 e. The fourth-order valence-electron chi connectivity index (χ4n) is 2.17. The summed E-state index contributed by atoms with van der Waals surface area (Å²) in [4.78, 5) is 0. The number of benzene rings is 1. The Morgan fingerprint density at radius 1 is 1.21 bits per heavy atom. The predicted molar refractivity (Wildman–Crippen MR) is 87.2 cm³/mol. The van der Waals surface area contributed by atoms with Gasteiger partial charge in [0.1, 0.15) is 0 Å². The van der Waals surface area contributed by atoms with Gasteiger partial charge in [0, 0.05) is 21.9 Å². The van der Waals surface area contributed by atoms with Crippen LogP contribution in [0.1, 0.15) is 37.4 Å². The zero-order valence-electron chi connectivity index (χ0n) is 11.4. The van der Waals surface area contributed by atoms with Gasteiger partial charge in [0.2, 0.25) is 0 Å². The molecule has 0 saturated heterocycles.